The maximum absolute atomic E-state index is 11.2. The maximum Gasteiger partial charge on any atom is 0.241 e. The van der Waals surface area contributed by atoms with E-state index in [1.54, 1.807) is 25.1 Å². The van der Waals surface area contributed by atoms with Crippen molar-refractivity contribution in [2.75, 3.05) is 5.32 Å². The van der Waals surface area contributed by atoms with Crippen molar-refractivity contribution in [1.82, 2.24) is 0 Å². The van der Waals surface area contributed by atoms with E-state index in [-0.39, 0.29) is 11.7 Å². The Morgan fingerprint density at radius 1 is 1.64 bits per heavy atom. The third-order valence-electron chi connectivity index (χ3n) is 1.66. The number of aromatic hydroxyl groups is 1. The van der Waals surface area contributed by atoms with Gasteiger partial charge in [-0.25, -0.2) is 0 Å². The highest BCUT2D eigenvalue weighted by Gasteiger charge is 2.11. The largest absolute Gasteiger partial charge is 0.505 e. The summed E-state index contributed by atoms with van der Waals surface area (Å²) in [5.74, 6) is -0.333. The summed E-state index contributed by atoms with van der Waals surface area (Å²) >= 11 is 3.14. The summed E-state index contributed by atoms with van der Waals surface area (Å²) in [4.78, 5) is 11.2. The van der Waals surface area contributed by atoms with Gasteiger partial charge >= 0.3 is 0 Å². The van der Waals surface area contributed by atoms with E-state index in [9.17, 15) is 9.90 Å². The van der Waals surface area contributed by atoms with Gasteiger partial charge in [0.2, 0.25) is 5.91 Å². The van der Waals surface area contributed by atoms with Crippen molar-refractivity contribution in [2.45, 2.75) is 13.0 Å². The normalized spacial score (nSPS) is 12.2. The Morgan fingerprint density at radius 2 is 2.29 bits per heavy atom. The second-order valence-corrected chi connectivity index (χ2v) is 3.77. The molecule has 4 nitrogen and oxygen atoms in total. The molecule has 1 atom stereocenters. The first-order chi connectivity index (χ1) is 6.52. The predicted molar refractivity (Wildman–Crippen MR) is 58.1 cm³/mol. The molecule has 5 heteroatoms. The number of hydrogen-bond donors (Lipinski definition) is 3. The number of amides is 1. The number of phenolic OH excluding ortho intramolecular Hbond substituents is 1. The summed E-state index contributed by atoms with van der Waals surface area (Å²) in [6.07, 6.45) is 0. The first-order valence-electron chi connectivity index (χ1n) is 4.06. The highest BCUT2D eigenvalue weighted by molar-refractivity contribution is 9.10. The van der Waals surface area contributed by atoms with Crippen LogP contribution in [0.25, 0.3) is 0 Å². The zero-order valence-corrected chi connectivity index (χ0v) is 9.21. The Bertz CT molecular complexity index is 353. The van der Waals surface area contributed by atoms with Crippen molar-refractivity contribution < 1.29 is 9.90 Å². The lowest BCUT2D eigenvalue weighted by molar-refractivity contribution is -0.117. The lowest BCUT2D eigenvalue weighted by Crippen LogP contribution is -2.32. The summed E-state index contributed by atoms with van der Waals surface area (Å²) < 4.78 is 0.528. The van der Waals surface area contributed by atoms with Gasteiger partial charge in [0.15, 0.2) is 5.75 Å². The van der Waals surface area contributed by atoms with Gasteiger partial charge in [-0.05, 0) is 35.0 Å². The lowest BCUT2D eigenvalue weighted by atomic mass is 10.2. The van der Waals surface area contributed by atoms with E-state index in [2.05, 4.69) is 21.2 Å². The van der Waals surface area contributed by atoms with Crippen LogP contribution in [0.1, 0.15) is 6.92 Å². The molecule has 1 rings (SSSR count). The number of para-hydroxylation sites is 1. The van der Waals surface area contributed by atoms with Crippen LogP contribution in [0.15, 0.2) is 22.7 Å². The molecule has 0 bridgehead atoms. The summed E-state index contributed by atoms with van der Waals surface area (Å²) in [6.45, 7) is 1.57. The summed E-state index contributed by atoms with van der Waals surface area (Å²) in [5, 5.41) is 12.0. The molecule has 0 heterocycles. The molecule has 0 aliphatic carbocycles. The van der Waals surface area contributed by atoms with Crippen molar-refractivity contribution in [3.63, 3.8) is 0 Å². The van der Waals surface area contributed by atoms with Gasteiger partial charge in [-0.3, -0.25) is 4.79 Å². The van der Waals surface area contributed by atoms with Gasteiger partial charge < -0.3 is 16.2 Å². The predicted octanol–water partition coefficient (Wildman–Crippen LogP) is 1.44. The first kappa shape index (κ1) is 11.0. The minimum absolute atomic E-state index is 0.00139. The van der Waals surface area contributed by atoms with E-state index in [1.165, 1.54) is 0 Å². The van der Waals surface area contributed by atoms with Crippen LogP contribution >= 0.6 is 15.9 Å². The number of anilines is 1. The van der Waals surface area contributed by atoms with Crippen LogP contribution in [0.4, 0.5) is 5.69 Å². The SMILES string of the molecule is C[C@@H](N)C(=O)Nc1cccc(Br)c1O. The Hall–Kier alpha value is -1.07. The molecule has 1 amide bonds. The number of rotatable bonds is 2. The number of phenols is 1. The van der Waals surface area contributed by atoms with Gasteiger partial charge in [0.05, 0.1) is 16.2 Å². The third kappa shape index (κ3) is 2.46. The zero-order chi connectivity index (χ0) is 10.7. The van der Waals surface area contributed by atoms with E-state index in [0.717, 1.165) is 0 Å². The molecule has 0 aromatic heterocycles. The fourth-order valence-electron chi connectivity index (χ4n) is 0.863. The highest BCUT2D eigenvalue weighted by atomic mass is 79.9. The molecule has 1 aromatic rings. The molecule has 0 fully saturated rings. The van der Waals surface area contributed by atoms with Crippen LogP contribution in [-0.2, 0) is 4.79 Å². The Kier molecular flexibility index (Phi) is 3.49. The molecule has 76 valence electrons. The molecule has 14 heavy (non-hydrogen) atoms. The van der Waals surface area contributed by atoms with E-state index in [1.807, 2.05) is 0 Å². The van der Waals surface area contributed by atoms with Crippen LogP contribution in [0.3, 0.4) is 0 Å². The lowest BCUT2D eigenvalue weighted by Gasteiger charge is -2.09. The summed E-state index contributed by atoms with van der Waals surface area (Å²) in [5.41, 5.74) is 5.72. The molecule has 4 N–H and O–H groups in total. The average Bonchev–Trinajstić information content (AvgIpc) is 2.12. The highest BCUT2D eigenvalue weighted by Crippen LogP contribution is 2.31. The van der Waals surface area contributed by atoms with Gasteiger partial charge in [0, 0.05) is 0 Å². The van der Waals surface area contributed by atoms with Crippen LogP contribution in [0.2, 0.25) is 0 Å². The quantitative estimate of drug-likeness (QED) is 0.703. The van der Waals surface area contributed by atoms with Crippen LogP contribution in [0.5, 0.6) is 5.75 Å². The smallest absolute Gasteiger partial charge is 0.241 e. The van der Waals surface area contributed by atoms with Crippen LogP contribution < -0.4 is 11.1 Å². The average molecular weight is 259 g/mol. The number of halogens is 1. The molecular weight excluding hydrogens is 248 g/mol. The molecule has 0 unspecified atom stereocenters. The Labute approximate surface area is 90.2 Å². The van der Waals surface area contributed by atoms with Gasteiger partial charge in [-0.1, -0.05) is 6.07 Å². The standard InChI is InChI=1S/C9H11BrN2O2/c1-5(11)9(14)12-7-4-2-3-6(10)8(7)13/h2-5,13H,11H2,1H3,(H,12,14)/t5-/m1/s1. The second kappa shape index (κ2) is 4.43. The van der Waals surface area contributed by atoms with Gasteiger partial charge in [0.1, 0.15) is 0 Å². The minimum Gasteiger partial charge on any atom is -0.505 e. The first-order valence-corrected chi connectivity index (χ1v) is 4.85. The number of carbonyl (C=O) groups is 1. The molecule has 1 aromatic carbocycles. The van der Waals surface area contributed by atoms with Crippen molar-refractivity contribution in [1.29, 1.82) is 0 Å². The fourth-order valence-corrected chi connectivity index (χ4v) is 1.23. The monoisotopic (exact) mass is 258 g/mol. The van der Waals surface area contributed by atoms with Gasteiger partial charge in [-0.15, -0.1) is 0 Å². The van der Waals surface area contributed by atoms with E-state index >= 15 is 0 Å². The second-order valence-electron chi connectivity index (χ2n) is 2.91. The molecular formula is C9H11BrN2O2. The Morgan fingerprint density at radius 3 is 2.86 bits per heavy atom. The number of benzene rings is 1. The summed E-state index contributed by atoms with van der Waals surface area (Å²) in [6, 6.07) is 4.38. The molecule has 0 saturated heterocycles. The van der Waals surface area contributed by atoms with Crippen molar-refractivity contribution in [3.8, 4) is 5.75 Å². The van der Waals surface area contributed by atoms with Crippen LogP contribution in [-0.4, -0.2) is 17.1 Å². The number of hydrogen-bond acceptors (Lipinski definition) is 3. The van der Waals surface area contributed by atoms with E-state index in [4.69, 9.17) is 5.73 Å². The Balaban J connectivity index is 2.87. The van der Waals surface area contributed by atoms with Gasteiger partial charge in [-0.2, -0.15) is 0 Å². The van der Waals surface area contributed by atoms with Crippen LogP contribution in [0, 0.1) is 0 Å². The molecule has 0 spiro atoms. The molecule has 0 saturated carbocycles. The number of nitrogens with two attached hydrogens (primary N) is 1. The van der Waals surface area contributed by atoms with Gasteiger partial charge in [0.25, 0.3) is 0 Å². The maximum atomic E-state index is 11.2. The fraction of sp³-hybridized carbons (Fsp3) is 0.222. The van der Waals surface area contributed by atoms with E-state index < -0.39 is 6.04 Å². The molecule has 0 radical (unpaired) electrons. The molecule has 0 aliphatic rings. The van der Waals surface area contributed by atoms with Crippen molar-refractivity contribution in [3.05, 3.63) is 22.7 Å². The number of carbonyl (C=O) groups excluding carboxylic acids is 1. The van der Waals surface area contributed by atoms with E-state index in [0.29, 0.717) is 10.2 Å². The third-order valence-corrected chi connectivity index (χ3v) is 2.30. The molecule has 0 aliphatic heterocycles. The minimum atomic E-state index is -0.603. The summed E-state index contributed by atoms with van der Waals surface area (Å²) in [7, 11) is 0. The van der Waals surface area contributed by atoms with Crippen molar-refractivity contribution in [2.24, 2.45) is 5.73 Å². The zero-order valence-electron chi connectivity index (χ0n) is 7.62. The van der Waals surface area contributed by atoms with Crippen molar-refractivity contribution >= 4 is 27.5 Å². The topological polar surface area (TPSA) is 75.4 Å². The number of nitrogens with one attached hydrogen (secondary N) is 1.